The van der Waals surface area contributed by atoms with Crippen molar-refractivity contribution in [3.05, 3.63) is 22.5 Å². The van der Waals surface area contributed by atoms with Crippen LogP contribution in [0.15, 0.2) is 22.5 Å². The Morgan fingerprint density at radius 3 is 2.20 bits per heavy atom. The zero-order valence-corrected chi connectivity index (χ0v) is 7.91. The maximum absolute atomic E-state index is 12.2. The van der Waals surface area contributed by atoms with Crippen molar-refractivity contribution < 1.29 is 4.39 Å². The quantitative estimate of drug-likeness (QED) is 0.564. The molecule has 1 aliphatic rings. The van der Waals surface area contributed by atoms with Crippen molar-refractivity contribution in [2.45, 2.75) is 26.7 Å². The summed E-state index contributed by atoms with van der Waals surface area (Å²) in [7, 11) is 0. The van der Waals surface area contributed by atoms with Gasteiger partial charge < -0.3 is 0 Å². The van der Waals surface area contributed by atoms with E-state index < -0.39 is 0 Å². The molecule has 2 heteroatoms. The van der Waals surface area contributed by atoms with E-state index in [1.807, 2.05) is 13.8 Å². The Bertz CT molecular complexity index is 129. The molecule has 58 valence electrons. The second-order valence-corrected chi connectivity index (χ2v) is 2.75. The third kappa shape index (κ3) is 3.83. The van der Waals surface area contributed by atoms with Gasteiger partial charge in [0.1, 0.15) is 5.83 Å². The molecule has 0 radical (unpaired) electrons. The summed E-state index contributed by atoms with van der Waals surface area (Å²) in [6.45, 7) is 4.00. The van der Waals surface area contributed by atoms with Crippen LogP contribution in [-0.4, -0.2) is 0 Å². The SMILES string of the molecule is CC.FC1=CC=C(Br)CC1. The summed E-state index contributed by atoms with van der Waals surface area (Å²) in [5.74, 6) is -0.0202. The van der Waals surface area contributed by atoms with Gasteiger partial charge in [0.2, 0.25) is 0 Å². The maximum atomic E-state index is 12.2. The summed E-state index contributed by atoms with van der Waals surface area (Å²) in [4.78, 5) is 0. The molecule has 0 N–H and O–H groups in total. The van der Waals surface area contributed by atoms with Gasteiger partial charge in [-0.3, -0.25) is 0 Å². The lowest BCUT2D eigenvalue weighted by atomic mass is 10.2. The Balaban J connectivity index is 0.000000371. The molecule has 0 atom stereocenters. The number of hydrogen-bond acceptors (Lipinski definition) is 0. The largest absolute Gasteiger partial charge is 0.212 e. The number of hydrogen-bond donors (Lipinski definition) is 0. The maximum Gasteiger partial charge on any atom is 0.100 e. The van der Waals surface area contributed by atoms with Crippen LogP contribution in [0, 0.1) is 0 Å². The van der Waals surface area contributed by atoms with E-state index in [4.69, 9.17) is 0 Å². The summed E-state index contributed by atoms with van der Waals surface area (Å²) < 4.78 is 13.2. The minimum Gasteiger partial charge on any atom is -0.212 e. The monoisotopic (exact) mass is 206 g/mol. The van der Waals surface area contributed by atoms with Gasteiger partial charge in [-0.05, 0) is 23.1 Å². The summed E-state index contributed by atoms with van der Waals surface area (Å²) in [5, 5.41) is 0. The normalized spacial score (nSPS) is 16.4. The van der Waals surface area contributed by atoms with Crippen LogP contribution in [0.25, 0.3) is 0 Å². The predicted octanol–water partition coefficient (Wildman–Crippen LogP) is 3.94. The minimum atomic E-state index is -0.0202. The molecule has 0 aromatic rings. The first-order chi connectivity index (χ1) is 4.79. The summed E-state index contributed by atoms with van der Waals surface area (Å²) >= 11 is 3.27. The van der Waals surface area contributed by atoms with Gasteiger partial charge in [-0.2, -0.15) is 0 Å². The summed E-state index contributed by atoms with van der Waals surface area (Å²) in [6, 6.07) is 0. The van der Waals surface area contributed by atoms with E-state index in [0.717, 1.165) is 10.9 Å². The van der Waals surface area contributed by atoms with Crippen LogP contribution >= 0.6 is 15.9 Å². The molecule has 0 amide bonds. The molecule has 0 spiro atoms. The molecule has 0 aliphatic heterocycles. The van der Waals surface area contributed by atoms with Crippen LogP contribution < -0.4 is 0 Å². The second-order valence-electron chi connectivity index (χ2n) is 1.73. The van der Waals surface area contributed by atoms with Gasteiger partial charge >= 0.3 is 0 Å². The smallest absolute Gasteiger partial charge is 0.100 e. The van der Waals surface area contributed by atoms with Crippen LogP contribution in [0.1, 0.15) is 26.7 Å². The van der Waals surface area contributed by atoms with E-state index >= 15 is 0 Å². The molecule has 0 aromatic heterocycles. The van der Waals surface area contributed by atoms with Gasteiger partial charge in [0.25, 0.3) is 0 Å². The molecule has 0 saturated heterocycles. The van der Waals surface area contributed by atoms with Gasteiger partial charge in [0.05, 0.1) is 0 Å². The van der Waals surface area contributed by atoms with Crippen molar-refractivity contribution in [2.75, 3.05) is 0 Å². The highest BCUT2D eigenvalue weighted by molar-refractivity contribution is 9.11. The molecule has 1 aliphatic carbocycles. The third-order valence-corrected chi connectivity index (χ3v) is 1.71. The Kier molecular flexibility index (Phi) is 5.60. The lowest BCUT2D eigenvalue weighted by Gasteiger charge is -2.00. The highest BCUT2D eigenvalue weighted by atomic mass is 79.9. The summed E-state index contributed by atoms with van der Waals surface area (Å²) in [6.07, 6.45) is 4.60. The van der Waals surface area contributed by atoms with E-state index in [1.165, 1.54) is 6.08 Å². The number of halogens is 2. The van der Waals surface area contributed by atoms with Crippen LogP contribution in [0.5, 0.6) is 0 Å². The average Bonchev–Trinajstić information content (AvgIpc) is 2.00. The van der Waals surface area contributed by atoms with E-state index in [-0.39, 0.29) is 5.83 Å². The molecule has 0 saturated carbocycles. The van der Waals surface area contributed by atoms with Gasteiger partial charge in [0.15, 0.2) is 0 Å². The molecular weight excluding hydrogens is 195 g/mol. The molecule has 0 nitrogen and oxygen atoms in total. The van der Waals surface area contributed by atoms with Crippen LogP contribution in [0.4, 0.5) is 4.39 Å². The Hall–Kier alpha value is -0.110. The number of allylic oxidation sites excluding steroid dienone is 4. The number of rotatable bonds is 0. The zero-order chi connectivity index (χ0) is 7.98. The van der Waals surface area contributed by atoms with E-state index in [0.29, 0.717) is 6.42 Å². The fourth-order valence-corrected chi connectivity index (χ4v) is 0.917. The van der Waals surface area contributed by atoms with E-state index in [9.17, 15) is 4.39 Å². The first kappa shape index (κ1) is 9.89. The first-order valence-corrected chi connectivity index (χ1v) is 4.29. The average molecular weight is 207 g/mol. The predicted molar refractivity (Wildman–Crippen MR) is 46.8 cm³/mol. The van der Waals surface area contributed by atoms with Gasteiger partial charge in [0, 0.05) is 6.42 Å². The molecule has 0 heterocycles. The van der Waals surface area contributed by atoms with Crippen molar-refractivity contribution in [1.29, 1.82) is 0 Å². The molecular formula is C8H12BrF. The molecule has 10 heavy (non-hydrogen) atoms. The van der Waals surface area contributed by atoms with Crippen molar-refractivity contribution in [3.8, 4) is 0 Å². The molecule has 0 fully saturated rings. The highest BCUT2D eigenvalue weighted by Crippen LogP contribution is 2.22. The molecule has 1 rings (SSSR count). The highest BCUT2D eigenvalue weighted by Gasteiger charge is 2.00. The van der Waals surface area contributed by atoms with Crippen LogP contribution in [-0.2, 0) is 0 Å². The molecule has 0 aromatic carbocycles. The van der Waals surface area contributed by atoms with Crippen LogP contribution in [0.2, 0.25) is 0 Å². The van der Waals surface area contributed by atoms with Crippen molar-refractivity contribution in [1.82, 2.24) is 0 Å². The Morgan fingerprint density at radius 2 is 1.90 bits per heavy atom. The van der Waals surface area contributed by atoms with E-state index in [1.54, 1.807) is 6.08 Å². The lowest BCUT2D eigenvalue weighted by Crippen LogP contribution is -1.81. The topological polar surface area (TPSA) is 0 Å². The minimum absolute atomic E-state index is 0.0202. The third-order valence-electron chi connectivity index (χ3n) is 1.05. The van der Waals surface area contributed by atoms with Gasteiger partial charge in [-0.15, -0.1) is 0 Å². The lowest BCUT2D eigenvalue weighted by molar-refractivity contribution is 0.587. The van der Waals surface area contributed by atoms with Crippen molar-refractivity contribution >= 4 is 15.9 Å². The second kappa shape index (κ2) is 5.66. The van der Waals surface area contributed by atoms with Crippen molar-refractivity contribution in [3.63, 3.8) is 0 Å². The Labute approximate surface area is 69.9 Å². The zero-order valence-electron chi connectivity index (χ0n) is 6.32. The fourth-order valence-electron chi connectivity index (χ4n) is 0.586. The molecule has 0 bridgehead atoms. The summed E-state index contributed by atoms with van der Waals surface area (Å²) in [5.41, 5.74) is 0. The van der Waals surface area contributed by atoms with Crippen molar-refractivity contribution in [2.24, 2.45) is 0 Å². The standard InChI is InChI=1S/C6H6BrF.C2H6/c7-5-1-3-6(8)4-2-5;1-2/h1,3H,2,4H2;1-2H3. The Morgan fingerprint density at radius 1 is 1.30 bits per heavy atom. The van der Waals surface area contributed by atoms with E-state index in [2.05, 4.69) is 15.9 Å². The van der Waals surface area contributed by atoms with Crippen LogP contribution in [0.3, 0.4) is 0 Å². The first-order valence-electron chi connectivity index (χ1n) is 3.50. The molecule has 0 unspecified atom stereocenters. The van der Waals surface area contributed by atoms with Gasteiger partial charge in [-0.25, -0.2) is 4.39 Å². The fraction of sp³-hybridized carbons (Fsp3) is 0.500. The van der Waals surface area contributed by atoms with Gasteiger partial charge in [-0.1, -0.05) is 29.8 Å².